The molecule has 1 aliphatic carbocycles. The molecule has 0 radical (unpaired) electrons. The van der Waals surface area contributed by atoms with Gasteiger partial charge >= 0.3 is 5.69 Å². The Morgan fingerprint density at radius 2 is 2.30 bits per heavy atom. The Hall–Kier alpha value is -2.74. The molecule has 0 unspecified atom stereocenters. The van der Waals surface area contributed by atoms with Crippen molar-refractivity contribution in [3.63, 3.8) is 0 Å². The fourth-order valence-electron chi connectivity index (χ4n) is 2.97. The average molecular weight is 313 g/mol. The third-order valence-electron chi connectivity index (χ3n) is 4.19. The lowest BCUT2D eigenvalue weighted by molar-refractivity contribution is 0.184. The largest absolute Gasteiger partial charge is 0.384 e. The summed E-state index contributed by atoms with van der Waals surface area (Å²) in [6, 6.07) is 1.88. The lowest BCUT2D eigenvalue weighted by Gasteiger charge is -2.07. The van der Waals surface area contributed by atoms with Crippen molar-refractivity contribution in [1.82, 2.24) is 24.6 Å². The van der Waals surface area contributed by atoms with Gasteiger partial charge in [0.05, 0.1) is 11.3 Å². The van der Waals surface area contributed by atoms with Crippen LogP contribution in [0.15, 0.2) is 34.2 Å². The number of rotatable bonds is 4. The van der Waals surface area contributed by atoms with Gasteiger partial charge in [-0.25, -0.2) is 14.3 Å². The van der Waals surface area contributed by atoms with E-state index < -0.39 is 11.2 Å². The summed E-state index contributed by atoms with van der Waals surface area (Å²) in [5.41, 5.74) is 1.67. The van der Waals surface area contributed by atoms with E-state index in [1.54, 1.807) is 24.0 Å². The van der Waals surface area contributed by atoms with Crippen molar-refractivity contribution < 1.29 is 4.74 Å². The van der Waals surface area contributed by atoms with Gasteiger partial charge in [0.25, 0.3) is 5.56 Å². The summed E-state index contributed by atoms with van der Waals surface area (Å²) >= 11 is 0. The molecule has 0 spiro atoms. The second-order valence-corrected chi connectivity index (χ2v) is 5.72. The van der Waals surface area contributed by atoms with E-state index >= 15 is 0 Å². The zero-order chi connectivity index (χ0) is 16.0. The summed E-state index contributed by atoms with van der Waals surface area (Å²) in [4.78, 5) is 32.3. The van der Waals surface area contributed by atoms with Crippen LogP contribution in [0.3, 0.4) is 0 Å². The zero-order valence-electron chi connectivity index (χ0n) is 12.4. The van der Waals surface area contributed by atoms with Gasteiger partial charge in [0.2, 0.25) is 0 Å². The molecule has 0 aromatic carbocycles. The van der Waals surface area contributed by atoms with Crippen molar-refractivity contribution in [2.75, 3.05) is 13.7 Å². The summed E-state index contributed by atoms with van der Waals surface area (Å²) in [5.74, 6) is 0.813. The van der Waals surface area contributed by atoms with Crippen molar-refractivity contribution in [3.8, 4) is 11.3 Å². The Balaban J connectivity index is 1.85. The molecule has 0 bridgehead atoms. The van der Waals surface area contributed by atoms with Gasteiger partial charge in [0.15, 0.2) is 5.65 Å². The fraction of sp³-hybridized carbons (Fsp3) is 0.333. The van der Waals surface area contributed by atoms with Crippen molar-refractivity contribution in [1.29, 1.82) is 0 Å². The maximum absolute atomic E-state index is 12.0. The lowest BCUT2D eigenvalue weighted by atomic mass is 10.1. The number of imidazole rings is 1. The van der Waals surface area contributed by atoms with Gasteiger partial charge in [-0.3, -0.25) is 9.78 Å². The van der Waals surface area contributed by atoms with Crippen molar-refractivity contribution >= 4 is 5.65 Å². The first-order valence-electron chi connectivity index (χ1n) is 7.33. The second-order valence-electron chi connectivity index (χ2n) is 5.72. The Morgan fingerprint density at radius 1 is 1.43 bits per heavy atom. The summed E-state index contributed by atoms with van der Waals surface area (Å²) in [5, 5.41) is 4.42. The minimum absolute atomic E-state index is 0.324. The molecule has 0 aliphatic heterocycles. The molecule has 2 atom stereocenters. The summed E-state index contributed by atoms with van der Waals surface area (Å²) in [6.07, 6.45) is 5.84. The molecule has 2 N–H and O–H groups in total. The summed E-state index contributed by atoms with van der Waals surface area (Å²) in [7, 11) is 1.69. The number of methoxy groups -OCH3 is 1. The number of aromatic nitrogens is 5. The molecule has 3 aromatic rings. The molecule has 23 heavy (non-hydrogen) atoms. The van der Waals surface area contributed by atoms with Gasteiger partial charge in [-0.15, -0.1) is 0 Å². The van der Waals surface area contributed by atoms with Crippen molar-refractivity contribution in [2.45, 2.75) is 12.3 Å². The molecule has 1 aliphatic rings. The van der Waals surface area contributed by atoms with E-state index in [1.165, 1.54) is 6.20 Å². The minimum atomic E-state index is -0.537. The highest BCUT2D eigenvalue weighted by molar-refractivity contribution is 5.62. The topological polar surface area (TPSA) is 105 Å². The van der Waals surface area contributed by atoms with Gasteiger partial charge in [-0.05, 0) is 24.3 Å². The Morgan fingerprint density at radius 3 is 3.09 bits per heavy atom. The number of hydrogen-bond acceptors (Lipinski definition) is 5. The van der Waals surface area contributed by atoms with Gasteiger partial charge in [-0.1, -0.05) is 0 Å². The smallest absolute Gasteiger partial charge is 0.325 e. The van der Waals surface area contributed by atoms with Crippen molar-refractivity contribution in [3.05, 3.63) is 51.1 Å². The number of hydrogen-bond donors (Lipinski definition) is 2. The molecular formula is C15H15N5O3. The third-order valence-corrected chi connectivity index (χ3v) is 4.19. The highest BCUT2D eigenvalue weighted by Gasteiger charge is 2.40. The zero-order valence-corrected chi connectivity index (χ0v) is 12.4. The molecule has 1 fully saturated rings. The first-order chi connectivity index (χ1) is 11.2. The van der Waals surface area contributed by atoms with Crippen LogP contribution in [0.2, 0.25) is 0 Å². The van der Waals surface area contributed by atoms with Gasteiger partial charge in [0.1, 0.15) is 0 Å². The van der Waals surface area contributed by atoms with Crippen LogP contribution >= 0.6 is 0 Å². The number of nitrogens with zero attached hydrogens (tertiary/aromatic N) is 3. The Bertz CT molecular complexity index is 986. The van der Waals surface area contributed by atoms with Crippen LogP contribution in [-0.2, 0) is 4.74 Å². The number of H-pyrrole nitrogens is 2. The van der Waals surface area contributed by atoms with E-state index in [4.69, 9.17) is 4.74 Å². The van der Waals surface area contributed by atoms with Crippen LogP contribution in [0.4, 0.5) is 0 Å². The Labute approximate surface area is 130 Å². The lowest BCUT2D eigenvalue weighted by Crippen LogP contribution is -2.23. The quantitative estimate of drug-likeness (QED) is 0.730. The molecule has 3 aromatic heterocycles. The SMILES string of the molecule is COC[C@H]1C[C@@H]1c1cc(-c2c[nH]c(=O)[nH]c2=O)nn2ccnc12. The molecule has 8 nitrogen and oxygen atoms in total. The van der Waals surface area contributed by atoms with Crippen LogP contribution in [-0.4, -0.2) is 38.3 Å². The van der Waals surface area contributed by atoms with Crippen molar-refractivity contribution in [2.24, 2.45) is 5.92 Å². The van der Waals surface area contributed by atoms with E-state index in [0.717, 1.165) is 17.6 Å². The maximum Gasteiger partial charge on any atom is 0.325 e. The summed E-state index contributed by atoms with van der Waals surface area (Å²) < 4.78 is 6.88. The predicted octanol–water partition coefficient (Wildman–Crippen LogP) is 0.523. The Kier molecular flexibility index (Phi) is 3.12. The van der Waals surface area contributed by atoms with E-state index in [1.807, 2.05) is 6.07 Å². The predicted molar refractivity (Wildman–Crippen MR) is 82.4 cm³/mol. The molecule has 4 rings (SSSR count). The molecule has 3 heterocycles. The highest BCUT2D eigenvalue weighted by atomic mass is 16.5. The van der Waals surface area contributed by atoms with Gasteiger partial charge in [-0.2, -0.15) is 5.10 Å². The van der Waals surface area contributed by atoms with Crippen LogP contribution in [0.25, 0.3) is 16.9 Å². The molecule has 8 heteroatoms. The number of nitrogens with one attached hydrogen (secondary N) is 2. The van der Waals surface area contributed by atoms with Crippen LogP contribution in [0.5, 0.6) is 0 Å². The maximum atomic E-state index is 12.0. The first kappa shape index (κ1) is 13.9. The monoisotopic (exact) mass is 313 g/mol. The third kappa shape index (κ3) is 2.36. The van der Waals surface area contributed by atoms with E-state index in [0.29, 0.717) is 29.7 Å². The number of fused-ring (bicyclic) bond motifs is 1. The molecule has 0 saturated heterocycles. The standard InChI is InChI=1S/C15H15N5O3/c1-23-7-8-4-9(8)10-5-12(19-20-3-2-16-13(10)20)11-6-17-15(22)18-14(11)21/h2-3,5-6,8-9H,4,7H2,1H3,(H2,17,18,21,22)/t8-,9+/m1/s1. The first-order valence-corrected chi connectivity index (χ1v) is 7.33. The summed E-state index contributed by atoms with van der Waals surface area (Å²) in [6.45, 7) is 0.703. The minimum Gasteiger partial charge on any atom is -0.384 e. The molecule has 1 saturated carbocycles. The molecular weight excluding hydrogens is 298 g/mol. The number of ether oxygens (including phenoxy) is 1. The van der Waals surface area contributed by atoms with E-state index in [-0.39, 0.29) is 0 Å². The normalized spacial score (nSPS) is 20.0. The molecule has 0 amide bonds. The molecule has 118 valence electrons. The highest BCUT2D eigenvalue weighted by Crippen LogP contribution is 2.48. The fourth-order valence-corrected chi connectivity index (χ4v) is 2.97. The second kappa shape index (κ2) is 5.17. The van der Waals surface area contributed by atoms with Crippen LogP contribution in [0, 0.1) is 5.92 Å². The van der Waals surface area contributed by atoms with Crippen LogP contribution in [0.1, 0.15) is 17.9 Å². The van der Waals surface area contributed by atoms with Crippen LogP contribution < -0.4 is 11.2 Å². The van der Waals surface area contributed by atoms with Gasteiger partial charge in [0, 0.05) is 37.9 Å². The van der Waals surface area contributed by atoms with E-state index in [9.17, 15) is 9.59 Å². The number of aromatic amines is 2. The van der Waals surface area contributed by atoms with E-state index in [2.05, 4.69) is 20.1 Å². The average Bonchev–Trinajstić information content (AvgIpc) is 3.11. The van der Waals surface area contributed by atoms with Gasteiger partial charge < -0.3 is 9.72 Å².